The number of pyridine rings is 1. The number of nitrogens with zero attached hydrogens (tertiary/aromatic N) is 2. The molecule has 5 nitrogen and oxygen atoms in total. The number of rotatable bonds is 3. The largest absolute Gasteiger partial charge is 0.497 e. The highest BCUT2D eigenvalue weighted by atomic mass is 16.5. The lowest BCUT2D eigenvalue weighted by atomic mass is 9.93. The average Bonchev–Trinajstić information content (AvgIpc) is 2.62. The Bertz CT molecular complexity index is 690. The maximum absolute atomic E-state index is 12.7. The average molecular weight is 312 g/mol. The van der Waals surface area contributed by atoms with Crippen LogP contribution in [-0.4, -0.2) is 42.6 Å². The lowest BCUT2D eigenvalue weighted by molar-refractivity contribution is -0.0931. The van der Waals surface area contributed by atoms with Crippen molar-refractivity contribution in [2.45, 2.75) is 12.5 Å². The van der Waals surface area contributed by atoms with Crippen molar-refractivity contribution < 1.29 is 14.3 Å². The van der Waals surface area contributed by atoms with E-state index in [2.05, 4.69) is 4.98 Å². The summed E-state index contributed by atoms with van der Waals surface area (Å²) in [5, 5.41) is 0. The fourth-order valence-corrected chi connectivity index (χ4v) is 2.83. The van der Waals surface area contributed by atoms with Crippen molar-refractivity contribution in [2.24, 2.45) is 0 Å². The molecule has 0 bridgehead atoms. The first kappa shape index (κ1) is 15.5. The first-order valence-corrected chi connectivity index (χ1v) is 7.61. The molecule has 2 heterocycles. The molecule has 2 aromatic rings. The maximum atomic E-state index is 12.7. The molecule has 1 atom stereocenters. The summed E-state index contributed by atoms with van der Waals surface area (Å²) < 4.78 is 11.1. The highest BCUT2D eigenvalue weighted by Crippen LogP contribution is 2.30. The summed E-state index contributed by atoms with van der Waals surface area (Å²) in [6, 6.07) is 13.4. The molecule has 23 heavy (non-hydrogen) atoms. The third kappa shape index (κ3) is 3.19. The van der Waals surface area contributed by atoms with Crippen LogP contribution in [0.2, 0.25) is 0 Å². The summed E-state index contributed by atoms with van der Waals surface area (Å²) >= 11 is 0. The Hall–Kier alpha value is -2.40. The first-order chi connectivity index (χ1) is 11.1. The summed E-state index contributed by atoms with van der Waals surface area (Å²) in [4.78, 5) is 18.7. The molecule has 3 rings (SSSR count). The Labute approximate surface area is 135 Å². The standard InChI is InChI=1S/C18H20N2O3/c1-18(14-6-4-3-5-7-14)13-20(10-11-23-18)17(21)16-12-15(22-2)8-9-19-16/h3-9,12H,10-11,13H2,1-2H3. The number of morpholine rings is 1. The fraction of sp³-hybridized carbons (Fsp3) is 0.333. The van der Waals surface area contributed by atoms with Crippen molar-refractivity contribution in [3.63, 3.8) is 0 Å². The molecule has 1 unspecified atom stereocenters. The Morgan fingerprint density at radius 3 is 2.83 bits per heavy atom. The second-order valence-corrected chi connectivity index (χ2v) is 5.75. The SMILES string of the molecule is COc1ccnc(C(=O)N2CCOC(C)(c3ccccc3)C2)c1. The molecular formula is C18H20N2O3. The number of carbonyl (C=O) groups excluding carboxylic acids is 1. The lowest BCUT2D eigenvalue weighted by Gasteiger charge is -2.40. The Morgan fingerprint density at radius 1 is 1.30 bits per heavy atom. The van der Waals surface area contributed by atoms with Gasteiger partial charge in [0.15, 0.2) is 0 Å². The van der Waals surface area contributed by atoms with Gasteiger partial charge in [-0.25, -0.2) is 0 Å². The van der Waals surface area contributed by atoms with Gasteiger partial charge in [-0.2, -0.15) is 0 Å². The van der Waals surface area contributed by atoms with Crippen LogP contribution in [0.15, 0.2) is 48.7 Å². The Kier molecular flexibility index (Phi) is 4.30. The zero-order valence-corrected chi connectivity index (χ0v) is 13.4. The van der Waals surface area contributed by atoms with Crippen molar-refractivity contribution in [2.75, 3.05) is 26.8 Å². The molecule has 0 spiro atoms. The first-order valence-electron chi connectivity index (χ1n) is 7.61. The fourth-order valence-electron chi connectivity index (χ4n) is 2.83. The number of methoxy groups -OCH3 is 1. The highest BCUT2D eigenvalue weighted by molar-refractivity contribution is 5.92. The van der Waals surface area contributed by atoms with Gasteiger partial charge < -0.3 is 14.4 Å². The zero-order chi connectivity index (χ0) is 16.3. The number of hydrogen-bond acceptors (Lipinski definition) is 4. The summed E-state index contributed by atoms with van der Waals surface area (Å²) in [6.45, 7) is 3.57. The van der Waals surface area contributed by atoms with Crippen LogP contribution in [0.3, 0.4) is 0 Å². The minimum Gasteiger partial charge on any atom is -0.497 e. The monoisotopic (exact) mass is 312 g/mol. The molecule has 1 aliphatic heterocycles. The van der Waals surface area contributed by atoms with Gasteiger partial charge in [-0.15, -0.1) is 0 Å². The maximum Gasteiger partial charge on any atom is 0.272 e. The van der Waals surface area contributed by atoms with Crippen LogP contribution in [0, 0.1) is 0 Å². The predicted molar refractivity (Wildman–Crippen MR) is 86.4 cm³/mol. The van der Waals surface area contributed by atoms with Crippen molar-refractivity contribution in [3.8, 4) is 5.75 Å². The van der Waals surface area contributed by atoms with E-state index in [9.17, 15) is 4.79 Å². The topological polar surface area (TPSA) is 51.7 Å². The normalized spacial score (nSPS) is 21.0. The third-order valence-electron chi connectivity index (χ3n) is 4.13. The smallest absolute Gasteiger partial charge is 0.272 e. The molecule has 5 heteroatoms. The van der Waals surface area contributed by atoms with E-state index < -0.39 is 5.60 Å². The Balaban J connectivity index is 1.82. The van der Waals surface area contributed by atoms with Crippen LogP contribution < -0.4 is 4.74 Å². The van der Waals surface area contributed by atoms with Crippen molar-refractivity contribution in [3.05, 3.63) is 59.9 Å². The second kappa shape index (κ2) is 6.38. The van der Waals surface area contributed by atoms with Gasteiger partial charge >= 0.3 is 0 Å². The van der Waals surface area contributed by atoms with Crippen LogP contribution in [0.25, 0.3) is 0 Å². The van der Waals surface area contributed by atoms with Gasteiger partial charge in [-0.05, 0) is 18.6 Å². The van der Waals surface area contributed by atoms with E-state index >= 15 is 0 Å². The molecule has 120 valence electrons. The summed E-state index contributed by atoms with van der Waals surface area (Å²) in [5.41, 5.74) is 0.950. The van der Waals surface area contributed by atoms with Gasteiger partial charge in [0.25, 0.3) is 5.91 Å². The molecule has 0 saturated carbocycles. The van der Waals surface area contributed by atoms with E-state index in [1.54, 1.807) is 30.3 Å². The number of benzene rings is 1. The lowest BCUT2D eigenvalue weighted by Crippen LogP contribution is -2.50. The van der Waals surface area contributed by atoms with E-state index in [1.165, 1.54) is 0 Å². The molecule has 1 aromatic heterocycles. The molecule has 1 fully saturated rings. The third-order valence-corrected chi connectivity index (χ3v) is 4.13. The zero-order valence-electron chi connectivity index (χ0n) is 13.4. The molecule has 1 saturated heterocycles. The predicted octanol–water partition coefficient (Wildman–Crippen LogP) is 2.48. The Morgan fingerprint density at radius 2 is 2.09 bits per heavy atom. The van der Waals surface area contributed by atoms with Crippen molar-refractivity contribution in [1.29, 1.82) is 0 Å². The number of hydrogen-bond donors (Lipinski definition) is 0. The summed E-state index contributed by atoms with van der Waals surface area (Å²) in [6.07, 6.45) is 1.59. The van der Waals surface area contributed by atoms with Crippen LogP contribution in [0.4, 0.5) is 0 Å². The van der Waals surface area contributed by atoms with Crippen LogP contribution in [-0.2, 0) is 10.3 Å². The molecule has 1 amide bonds. The van der Waals surface area contributed by atoms with E-state index in [0.717, 1.165) is 5.56 Å². The second-order valence-electron chi connectivity index (χ2n) is 5.75. The van der Waals surface area contributed by atoms with Gasteiger partial charge in [0.2, 0.25) is 0 Å². The summed E-state index contributed by atoms with van der Waals surface area (Å²) in [7, 11) is 1.57. The van der Waals surface area contributed by atoms with Crippen LogP contribution in [0.1, 0.15) is 23.0 Å². The number of amides is 1. The molecule has 1 aromatic carbocycles. The number of ether oxygens (including phenoxy) is 2. The van der Waals surface area contributed by atoms with Gasteiger partial charge in [0.05, 0.1) is 20.3 Å². The molecule has 0 N–H and O–H groups in total. The summed E-state index contributed by atoms with van der Waals surface area (Å²) in [5.74, 6) is 0.525. The number of aromatic nitrogens is 1. The van der Waals surface area contributed by atoms with Crippen molar-refractivity contribution >= 4 is 5.91 Å². The molecule has 0 radical (unpaired) electrons. The van der Waals surface area contributed by atoms with Crippen LogP contribution in [0.5, 0.6) is 5.75 Å². The molecule has 0 aliphatic carbocycles. The highest BCUT2D eigenvalue weighted by Gasteiger charge is 2.36. The minimum atomic E-state index is -0.506. The van der Waals surface area contributed by atoms with E-state index in [0.29, 0.717) is 31.1 Å². The van der Waals surface area contributed by atoms with Gasteiger partial charge in [0, 0.05) is 18.8 Å². The van der Waals surface area contributed by atoms with E-state index in [1.807, 2.05) is 37.3 Å². The molecular weight excluding hydrogens is 292 g/mol. The van der Waals surface area contributed by atoms with Crippen LogP contribution >= 0.6 is 0 Å². The van der Waals surface area contributed by atoms with E-state index in [-0.39, 0.29) is 5.91 Å². The van der Waals surface area contributed by atoms with Gasteiger partial charge in [-0.1, -0.05) is 30.3 Å². The van der Waals surface area contributed by atoms with E-state index in [4.69, 9.17) is 9.47 Å². The number of carbonyl (C=O) groups is 1. The van der Waals surface area contributed by atoms with Crippen molar-refractivity contribution in [1.82, 2.24) is 9.88 Å². The molecule has 1 aliphatic rings. The minimum absolute atomic E-state index is 0.102. The van der Waals surface area contributed by atoms with Gasteiger partial charge in [-0.3, -0.25) is 9.78 Å². The quantitative estimate of drug-likeness (QED) is 0.874. The van der Waals surface area contributed by atoms with Gasteiger partial charge in [0.1, 0.15) is 17.0 Å².